The quantitative estimate of drug-likeness (QED) is 0.332. The van der Waals surface area contributed by atoms with Crippen LogP contribution in [0.15, 0.2) is 67.0 Å². The van der Waals surface area contributed by atoms with Crippen LogP contribution in [0.25, 0.3) is 0 Å². The number of ether oxygens (including phenoxy) is 2. The predicted octanol–water partition coefficient (Wildman–Crippen LogP) is 5.53. The Morgan fingerprint density at radius 1 is 0.844 bits per heavy atom. The molecule has 2 fully saturated rings. The second kappa shape index (κ2) is 12.5. The van der Waals surface area contributed by atoms with Crippen LogP contribution in [0.1, 0.15) is 34.3 Å². The van der Waals surface area contributed by atoms with Gasteiger partial charge < -0.3 is 24.2 Å². The van der Waals surface area contributed by atoms with Gasteiger partial charge in [0.25, 0.3) is 11.8 Å². The largest absolute Gasteiger partial charge is 0.497 e. The maximum atomic E-state index is 14.2. The molecule has 5 rings (SSSR count). The fourth-order valence-electron chi connectivity index (χ4n) is 5.68. The van der Waals surface area contributed by atoms with Crippen molar-refractivity contribution in [2.45, 2.75) is 30.8 Å². The van der Waals surface area contributed by atoms with Crippen molar-refractivity contribution in [1.29, 1.82) is 0 Å². The predicted molar refractivity (Wildman–Crippen MR) is 151 cm³/mol. The lowest BCUT2D eigenvalue weighted by molar-refractivity contribution is -0.153. The second-order valence-electron chi connectivity index (χ2n) is 10.8. The Morgan fingerprint density at radius 2 is 1.56 bits per heavy atom. The van der Waals surface area contributed by atoms with Crippen molar-refractivity contribution in [2.75, 3.05) is 51.3 Å². The van der Waals surface area contributed by atoms with Crippen molar-refractivity contribution >= 4 is 17.5 Å². The number of carbonyl (C=O) groups is 2. The molecule has 3 aromatic rings. The fraction of sp³-hybridized carbons (Fsp3) is 0.387. The summed E-state index contributed by atoms with van der Waals surface area (Å²) in [5.41, 5.74) is -3.62. The first-order valence-electron chi connectivity index (χ1n) is 14.2. The number of hydrogen-bond acceptors (Lipinski definition) is 6. The highest BCUT2D eigenvalue weighted by molar-refractivity contribution is 5.96. The lowest BCUT2D eigenvalue weighted by Crippen LogP contribution is -2.64. The number of nitrogens with zero attached hydrogens (tertiary/aromatic N) is 4. The molecule has 8 nitrogen and oxygen atoms in total. The topological polar surface area (TPSA) is 75.2 Å². The van der Waals surface area contributed by atoms with Crippen molar-refractivity contribution in [3.63, 3.8) is 0 Å². The first-order valence-corrected chi connectivity index (χ1v) is 14.2. The van der Waals surface area contributed by atoms with E-state index in [1.807, 2.05) is 24.3 Å². The Balaban J connectivity index is 1.42. The van der Waals surface area contributed by atoms with Gasteiger partial charge in [0.05, 0.1) is 30.3 Å². The van der Waals surface area contributed by atoms with E-state index < -0.39 is 53.0 Å². The zero-order chi connectivity index (χ0) is 32.4. The van der Waals surface area contributed by atoms with E-state index in [1.54, 1.807) is 12.0 Å². The third-order valence-corrected chi connectivity index (χ3v) is 7.97. The Labute approximate surface area is 255 Å². The molecule has 0 N–H and O–H groups in total. The van der Waals surface area contributed by atoms with E-state index >= 15 is 0 Å². The van der Waals surface area contributed by atoms with Gasteiger partial charge in [-0.2, -0.15) is 26.3 Å². The number of amides is 2. The number of pyridine rings is 1. The molecule has 0 spiro atoms. The zero-order valence-corrected chi connectivity index (χ0v) is 24.2. The Kier molecular flexibility index (Phi) is 8.86. The number of methoxy groups -OCH3 is 1. The molecule has 0 saturated carbocycles. The average molecular weight is 637 g/mol. The molecule has 1 atom stereocenters. The van der Waals surface area contributed by atoms with Crippen molar-refractivity contribution in [3.05, 3.63) is 83.7 Å². The normalized spacial score (nSPS) is 19.3. The fourth-order valence-corrected chi connectivity index (χ4v) is 5.68. The number of piperazine rings is 1. The molecule has 2 aliphatic heterocycles. The number of piperidine rings is 1. The molecule has 2 saturated heterocycles. The van der Waals surface area contributed by atoms with E-state index in [-0.39, 0.29) is 38.2 Å². The molecule has 2 aliphatic rings. The van der Waals surface area contributed by atoms with E-state index in [0.29, 0.717) is 24.9 Å². The van der Waals surface area contributed by atoms with Gasteiger partial charge in [-0.25, -0.2) is 0 Å². The number of carbonyl (C=O) groups excluding carboxylic acids is 2. The van der Waals surface area contributed by atoms with Crippen LogP contribution in [0.2, 0.25) is 0 Å². The maximum absolute atomic E-state index is 14.2. The smallest absolute Gasteiger partial charge is 0.417 e. The molecule has 45 heavy (non-hydrogen) atoms. The van der Waals surface area contributed by atoms with Gasteiger partial charge in [0.2, 0.25) is 5.60 Å². The lowest BCUT2D eigenvalue weighted by Gasteiger charge is -2.45. The summed E-state index contributed by atoms with van der Waals surface area (Å²) in [7, 11) is 1.56. The number of rotatable bonds is 6. The van der Waals surface area contributed by atoms with E-state index in [1.165, 1.54) is 0 Å². The molecule has 2 aromatic carbocycles. The summed E-state index contributed by atoms with van der Waals surface area (Å²) in [6, 6.07) is 11.9. The van der Waals surface area contributed by atoms with E-state index in [0.717, 1.165) is 47.2 Å². The van der Waals surface area contributed by atoms with E-state index in [2.05, 4.69) is 9.88 Å². The van der Waals surface area contributed by atoms with Gasteiger partial charge in [-0.3, -0.25) is 14.6 Å². The van der Waals surface area contributed by atoms with Gasteiger partial charge in [-0.15, -0.1) is 0 Å². The molecule has 1 unspecified atom stereocenters. The molecule has 14 heteroatoms. The molecule has 1 aromatic heterocycles. The number of likely N-dealkylation sites (tertiary alicyclic amines) is 1. The van der Waals surface area contributed by atoms with Crippen LogP contribution in [-0.2, 0) is 17.1 Å². The third kappa shape index (κ3) is 6.94. The minimum atomic E-state index is -4.82. The van der Waals surface area contributed by atoms with Crippen molar-refractivity contribution in [2.24, 2.45) is 0 Å². The highest BCUT2D eigenvalue weighted by Gasteiger charge is 2.49. The molecule has 0 radical (unpaired) electrons. The maximum Gasteiger partial charge on any atom is 0.417 e. The number of hydrogen-bond donors (Lipinski definition) is 0. The Morgan fingerprint density at radius 3 is 2.20 bits per heavy atom. The van der Waals surface area contributed by atoms with Crippen molar-refractivity contribution in [1.82, 2.24) is 14.8 Å². The second-order valence-corrected chi connectivity index (χ2v) is 10.8. The summed E-state index contributed by atoms with van der Waals surface area (Å²) < 4.78 is 92.2. The van der Waals surface area contributed by atoms with Crippen LogP contribution in [0.5, 0.6) is 11.5 Å². The third-order valence-electron chi connectivity index (χ3n) is 7.97. The van der Waals surface area contributed by atoms with Crippen LogP contribution >= 0.6 is 0 Å². The molecule has 2 amide bonds. The van der Waals surface area contributed by atoms with Gasteiger partial charge in [0.15, 0.2) is 0 Å². The van der Waals surface area contributed by atoms with E-state index in [4.69, 9.17) is 9.47 Å². The van der Waals surface area contributed by atoms with Crippen LogP contribution in [0.3, 0.4) is 0 Å². The first-order chi connectivity index (χ1) is 21.3. The lowest BCUT2D eigenvalue weighted by atomic mass is 9.89. The molecule has 3 heterocycles. The number of aromatic nitrogens is 1. The molecule has 240 valence electrons. The summed E-state index contributed by atoms with van der Waals surface area (Å²) in [4.78, 5) is 36.1. The molecular weight excluding hydrogens is 606 g/mol. The Hall–Kier alpha value is -4.49. The van der Waals surface area contributed by atoms with Gasteiger partial charge in [0.1, 0.15) is 11.5 Å². The van der Waals surface area contributed by atoms with Crippen molar-refractivity contribution < 1.29 is 45.4 Å². The zero-order valence-electron chi connectivity index (χ0n) is 24.2. The molecule has 0 bridgehead atoms. The minimum Gasteiger partial charge on any atom is -0.497 e. The monoisotopic (exact) mass is 636 g/mol. The van der Waals surface area contributed by atoms with Crippen LogP contribution < -0.4 is 14.4 Å². The van der Waals surface area contributed by atoms with Gasteiger partial charge >= 0.3 is 12.4 Å². The highest BCUT2D eigenvalue weighted by atomic mass is 19.4. The minimum absolute atomic E-state index is 0.0417. The van der Waals surface area contributed by atoms with E-state index in [9.17, 15) is 35.9 Å². The van der Waals surface area contributed by atoms with Crippen LogP contribution in [0, 0.1) is 0 Å². The number of benzene rings is 2. The number of halogens is 6. The first kappa shape index (κ1) is 31.9. The van der Waals surface area contributed by atoms with Gasteiger partial charge in [-0.05, 0) is 55.3 Å². The SMILES string of the molecule is COc1cccc(N2CCN(C(=O)C3(Oc4ccc(C(F)(F)F)cc4)CCCN(C(=O)c4cnccc4C(F)(F)F)C3)CC2)c1. The molecular formula is C31H30F6N4O4. The van der Waals surface area contributed by atoms with Crippen LogP contribution in [0.4, 0.5) is 32.0 Å². The van der Waals surface area contributed by atoms with Gasteiger partial charge in [0, 0.05) is 56.9 Å². The average Bonchev–Trinajstić information content (AvgIpc) is 3.03. The highest BCUT2D eigenvalue weighted by Crippen LogP contribution is 2.36. The standard InChI is InChI=1S/C31H30F6N4O4/c1-44-24-5-2-4-22(18-24)39-14-16-40(17-15-39)28(43)29(45-23-8-6-21(7-9-23)30(32,33)34)11-3-13-41(20-29)27(42)25-19-38-12-10-26(25)31(35,36)37/h2,4-10,12,18-19H,3,11,13-17,20H2,1H3. The summed E-state index contributed by atoms with van der Waals surface area (Å²) in [5.74, 6) is -0.860. The summed E-state index contributed by atoms with van der Waals surface area (Å²) in [6.45, 7) is 1.06. The van der Waals surface area contributed by atoms with Crippen LogP contribution in [-0.4, -0.2) is 78.6 Å². The molecule has 0 aliphatic carbocycles. The number of anilines is 1. The summed E-state index contributed by atoms with van der Waals surface area (Å²) in [6.07, 6.45) is -7.37. The van der Waals surface area contributed by atoms with Gasteiger partial charge in [-0.1, -0.05) is 6.07 Å². The Bertz CT molecular complexity index is 1520. The number of alkyl halides is 6. The summed E-state index contributed by atoms with van der Waals surface area (Å²) >= 11 is 0. The van der Waals surface area contributed by atoms with Crippen molar-refractivity contribution in [3.8, 4) is 11.5 Å². The summed E-state index contributed by atoms with van der Waals surface area (Å²) in [5, 5.41) is 0.